The number of aliphatic carboxylic acids is 1. The molecule has 0 aliphatic heterocycles. The lowest BCUT2D eigenvalue weighted by molar-refractivity contribution is -0.174. The molecule has 8 nitrogen and oxygen atoms in total. The van der Waals surface area contributed by atoms with E-state index in [1.54, 1.807) is 0 Å². The Labute approximate surface area is 103 Å². The molecule has 0 heterocycles. The third-order valence-corrected chi connectivity index (χ3v) is 3.02. The van der Waals surface area contributed by atoms with Crippen LogP contribution in [0.5, 0.6) is 0 Å². The number of rotatable bonds is 3. The minimum atomic E-state index is -2.10. The van der Waals surface area contributed by atoms with E-state index in [1.165, 1.54) is 6.92 Å². The van der Waals surface area contributed by atoms with Gasteiger partial charge in [0.2, 0.25) is 0 Å². The van der Waals surface area contributed by atoms with Crippen molar-refractivity contribution in [3.8, 4) is 0 Å². The largest absolute Gasteiger partial charge is 0.480 e. The van der Waals surface area contributed by atoms with E-state index in [0.29, 0.717) is 0 Å². The third kappa shape index (κ3) is 2.96. The molecule has 0 unspecified atom stereocenters. The number of hydrogen-bond acceptors (Lipinski definition) is 6. The second-order valence-electron chi connectivity index (χ2n) is 4.60. The van der Waals surface area contributed by atoms with Gasteiger partial charge in [-0.3, -0.25) is 9.59 Å². The maximum absolute atomic E-state index is 11.7. The molecule has 1 saturated carbocycles. The molecule has 0 spiro atoms. The lowest BCUT2D eigenvalue weighted by Gasteiger charge is -2.39. The van der Waals surface area contributed by atoms with Crippen LogP contribution in [0.3, 0.4) is 0 Å². The molecular formula is C10H17NO7. The van der Waals surface area contributed by atoms with Gasteiger partial charge in [0.15, 0.2) is 0 Å². The minimum absolute atomic E-state index is 0.469. The Bertz CT molecular complexity index is 333. The van der Waals surface area contributed by atoms with Crippen LogP contribution in [-0.2, 0) is 9.59 Å². The van der Waals surface area contributed by atoms with Crippen LogP contribution < -0.4 is 5.32 Å². The van der Waals surface area contributed by atoms with Crippen molar-refractivity contribution < 1.29 is 35.1 Å². The topological polar surface area (TPSA) is 147 Å². The SMILES string of the molecule is C[C@H](NC(=O)C1(O)C[C@@H](O)C(O)[C@H](O)C1)C(=O)O. The van der Waals surface area contributed by atoms with Crippen LogP contribution >= 0.6 is 0 Å². The predicted octanol–water partition coefficient (Wildman–Crippen LogP) is -2.82. The predicted molar refractivity (Wildman–Crippen MR) is 57.4 cm³/mol. The highest BCUT2D eigenvalue weighted by Crippen LogP contribution is 2.29. The average Bonchev–Trinajstić information content (AvgIpc) is 2.25. The Hall–Kier alpha value is -1.22. The van der Waals surface area contributed by atoms with E-state index in [4.69, 9.17) is 5.11 Å². The number of nitrogens with one attached hydrogen (secondary N) is 1. The summed E-state index contributed by atoms with van der Waals surface area (Å²) in [4.78, 5) is 22.3. The van der Waals surface area contributed by atoms with Crippen molar-refractivity contribution in [2.24, 2.45) is 0 Å². The van der Waals surface area contributed by atoms with Crippen LogP contribution in [0.2, 0.25) is 0 Å². The van der Waals surface area contributed by atoms with Gasteiger partial charge in [0.25, 0.3) is 5.91 Å². The molecule has 0 aromatic rings. The first-order valence-corrected chi connectivity index (χ1v) is 5.48. The maximum Gasteiger partial charge on any atom is 0.325 e. The number of amides is 1. The van der Waals surface area contributed by atoms with Crippen LogP contribution in [-0.4, -0.2) is 67.4 Å². The highest BCUT2D eigenvalue weighted by molar-refractivity contribution is 5.89. The highest BCUT2D eigenvalue weighted by atomic mass is 16.4. The lowest BCUT2D eigenvalue weighted by atomic mass is 9.79. The summed E-state index contributed by atoms with van der Waals surface area (Å²) in [6, 6.07) is -1.21. The molecule has 1 rings (SSSR count). The van der Waals surface area contributed by atoms with Crippen molar-refractivity contribution in [3.05, 3.63) is 0 Å². The summed E-state index contributed by atoms with van der Waals surface area (Å²) in [5.41, 5.74) is -2.10. The molecule has 1 aliphatic rings. The summed E-state index contributed by atoms with van der Waals surface area (Å²) in [6.45, 7) is 1.22. The Morgan fingerprint density at radius 1 is 1.22 bits per heavy atom. The standard InChI is InChI=1S/C10H17NO7/c1-4(8(15)16)11-9(17)10(18)2-5(12)7(14)6(13)3-10/h4-7,12-14,18H,2-3H2,1H3,(H,11,17)(H,15,16)/t4-,5+,6+,7?,10?/m0/s1. The monoisotopic (exact) mass is 263 g/mol. The minimum Gasteiger partial charge on any atom is -0.480 e. The molecule has 18 heavy (non-hydrogen) atoms. The van der Waals surface area contributed by atoms with Crippen molar-refractivity contribution in [2.45, 2.75) is 49.7 Å². The second-order valence-corrected chi connectivity index (χ2v) is 4.60. The summed E-state index contributed by atoms with van der Waals surface area (Å²) >= 11 is 0. The molecule has 8 heteroatoms. The number of carboxylic acids is 1. The Kier molecular flexibility index (Phi) is 4.28. The third-order valence-electron chi connectivity index (χ3n) is 3.02. The summed E-state index contributed by atoms with van der Waals surface area (Å²) < 4.78 is 0. The zero-order chi connectivity index (χ0) is 14.1. The zero-order valence-corrected chi connectivity index (χ0v) is 9.78. The number of carboxylic acid groups (broad SMARTS) is 1. The van der Waals surface area contributed by atoms with Gasteiger partial charge in [-0.2, -0.15) is 0 Å². The smallest absolute Gasteiger partial charge is 0.325 e. The molecule has 104 valence electrons. The number of carbonyl (C=O) groups is 2. The molecule has 0 saturated heterocycles. The molecule has 0 aromatic heterocycles. The zero-order valence-electron chi connectivity index (χ0n) is 9.78. The lowest BCUT2D eigenvalue weighted by Crippen LogP contribution is -2.60. The molecule has 0 bridgehead atoms. The molecule has 0 aromatic carbocycles. The van der Waals surface area contributed by atoms with E-state index >= 15 is 0 Å². The fourth-order valence-electron chi connectivity index (χ4n) is 1.85. The van der Waals surface area contributed by atoms with Gasteiger partial charge >= 0.3 is 5.97 Å². The van der Waals surface area contributed by atoms with Gasteiger partial charge in [0.1, 0.15) is 17.7 Å². The van der Waals surface area contributed by atoms with Crippen molar-refractivity contribution in [1.82, 2.24) is 5.32 Å². The molecule has 1 amide bonds. The normalized spacial score (nSPS) is 37.9. The number of hydrogen-bond donors (Lipinski definition) is 6. The molecular weight excluding hydrogens is 246 g/mol. The van der Waals surface area contributed by atoms with Gasteiger partial charge in [-0.15, -0.1) is 0 Å². The molecule has 6 N–H and O–H groups in total. The van der Waals surface area contributed by atoms with Gasteiger partial charge in [0.05, 0.1) is 12.2 Å². The summed E-state index contributed by atoms with van der Waals surface area (Å²) in [7, 11) is 0. The van der Waals surface area contributed by atoms with E-state index in [9.17, 15) is 30.0 Å². The summed E-state index contributed by atoms with van der Waals surface area (Å²) in [5.74, 6) is -2.27. The van der Waals surface area contributed by atoms with Gasteiger partial charge in [-0.25, -0.2) is 0 Å². The van der Waals surface area contributed by atoms with Crippen molar-refractivity contribution >= 4 is 11.9 Å². The Morgan fingerprint density at radius 2 is 1.67 bits per heavy atom. The second kappa shape index (κ2) is 5.19. The first kappa shape index (κ1) is 14.8. The fourth-order valence-corrected chi connectivity index (χ4v) is 1.85. The first-order chi connectivity index (χ1) is 8.17. The number of aliphatic hydroxyl groups is 4. The average molecular weight is 263 g/mol. The van der Waals surface area contributed by atoms with Crippen LogP contribution in [0.1, 0.15) is 19.8 Å². The van der Waals surface area contributed by atoms with Crippen LogP contribution in [0, 0.1) is 0 Å². The van der Waals surface area contributed by atoms with E-state index in [-0.39, 0.29) is 0 Å². The van der Waals surface area contributed by atoms with Crippen molar-refractivity contribution in [2.75, 3.05) is 0 Å². The fraction of sp³-hybridized carbons (Fsp3) is 0.800. The summed E-state index contributed by atoms with van der Waals surface area (Å²) in [6.07, 6.45) is -5.28. The molecule has 1 aliphatic carbocycles. The quantitative estimate of drug-likeness (QED) is 0.322. The van der Waals surface area contributed by atoms with Crippen molar-refractivity contribution in [1.29, 1.82) is 0 Å². The molecule has 0 radical (unpaired) electrons. The van der Waals surface area contributed by atoms with Crippen LogP contribution in [0.4, 0.5) is 0 Å². The highest BCUT2D eigenvalue weighted by Gasteiger charge is 2.48. The number of aliphatic hydroxyl groups excluding tert-OH is 3. The van der Waals surface area contributed by atoms with Crippen molar-refractivity contribution in [3.63, 3.8) is 0 Å². The van der Waals surface area contributed by atoms with Gasteiger partial charge in [0, 0.05) is 12.8 Å². The van der Waals surface area contributed by atoms with Gasteiger partial charge in [-0.05, 0) is 6.92 Å². The van der Waals surface area contributed by atoms with Crippen LogP contribution in [0.15, 0.2) is 0 Å². The van der Waals surface area contributed by atoms with Gasteiger partial charge in [-0.1, -0.05) is 0 Å². The van der Waals surface area contributed by atoms with E-state index < -0.39 is 54.7 Å². The Balaban J connectivity index is 2.75. The number of carbonyl (C=O) groups excluding carboxylic acids is 1. The van der Waals surface area contributed by atoms with E-state index in [2.05, 4.69) is 5.32 Å². The van der Waals surface area contributed by atoms with Gasteiger partial charge < -0.3 is 30.8 Å². The summed E-state index contributed by atoms with van der Waals surface area (Å²) in [5, 5.41) is 48.8. The first-order valence-electron chi connectivity index (χ1n) is 5.48. The Morgan fingerprint density at radius 3 is 2.06 bits per heavy atom. The maximum atomic E-state index is 11.7. The van der Waals surface area contributed by atoms with E-state index in [0.717, 1.165) is 0 Å². The van der Waals surface area contributed by atoms with Crippen LogP contribution in [0.25, 0.3) is 0 Å². The molecule has 3 atom stereocenters. The van der Waals surface area contributed by atoms with E-state index in [1.807, 2.05) is 0 Å². The molecule has 1 fully saturated rings.